The maximum atomic E-state index is 6.61. The number of rotatable bonds is 4. The first-order valence-electron chi connectivity index (χ1n) is 8.73. The van der Waals surface area contributed by atoms with Crippen molar-refractivity contribution in [1.29, 1.82) is 0 Å². The maximum absolute atomic E-state index is 6.61. The summed E-state index contributed by atoms with van der Waals surface area (Å²) < 4.78 is 0. The number of thiophene rings is 1. The molecule has 4 aromatic rings. The van der Waals surface area contributed by atoms with E-state index >= 15 is 0 Å². The van der Waals surface area contributed by atoms with Gasteiger partial charge in [-0.05, 0) is 31.9 Å². The van der Waals surface area contributed by atoms with Gasteiger partial charge in [0.1, 0.15) is 9.98 Å². The molecule has 2 heterocycles. The van der Waals surface area contributed by atoms with E-state index in [0.717, 1.165) is 32.3 Å². The van der Waals surface area contributed by atoms with Gasteiger partial charge in [0, 0.05) is 16.2 Å². The van der Waals surface area contributed by atoms with Crippen molar-refractivity contribution in [3.63, 3.8) is 0 Å². The van der Waals surface area contributed by atoms with Gasteiger partial charge in [-0.1, -0.05) is 83.0 Å². The summed E-state index contributed by atoms with van der Waals surface area (Å²) in [4.78, 5) is 11.5. The van der Waals surface area contributed by atoms with Crippen LogP contribution in [0.25, 0.3) is 21.3 Å². The summed E-state index contributed by atoms with van der Waals surface area (Å²) in [7, 11) is 0. The molecule has 2 aromatic carbocycles. The zero-order chi connectivity index (χ0) is 19.0. The average Bonchev–Trinajstić information content (AvgIpc) is 2.98. The number of fused-ring (bicyclic) bond motifs is 1. The Morgan fingerprint density at radius 1 is 0.889 bits per heavy atom. The highest BCUT2D eigenvalue weighted by molar-refractivity contribution is 7.98. The summed E-state index contributed by atoms with van der Waals surface area (Å²) in [6, 6.07) is 17.1. The third-order valence-electron chi connectivity index (χ3n) is 4.49. The molecule has 0 bridgehead atoms. The molecule has 4 rings (SSSR count). The maximum Gasteiger partial charge on any atom is 0.190 e. The van der Waals surface area contributed by atoms with E-state index in [9.17, 15) is 0 Å². The molecule has 0 aliphatic heterocycles. The van der Waals surface area contributed by atoms with Gasteiger partial charge >= 0.3 is 0 Å². The monoisotopic (exact) mass is 410 g/mol. The minimum atomic E-state index is 0.534. The Kier molecular flexibility index (Phi) is 5.22. The number of nitrogens with zero attached hydrogens (tertiary/aromatic N) is 2. The molecule has 27 heavy (non-hydrogen) atoms. The van der Waals surface area contributed by atoms with Crippen molar-refractivity contribution >= 4 is 44.9 Å². The highest BCUT2D eigenvalue weighted by Gasteiger charge is 2.17. The van der Waals surface area contributed by atoms with Gasteiger partial charge in [-0.2, -0.15) is 0 Å². The van der Waals surface area contributed by atoms with Crippen molar-refractivity contribution in [2.75, 3.05) is 0 Å². The topological polar surface area (TPSA) is 25.8 Å². The van der Waals surface area contributed by atoms with Gasteiger partial charge in [0.15, 0.2) is 5.16 Å². The lowest BCUT2D eigenvalue weighted by molar-refractivity contribution is 1.01. The highest BCUT2D eigenvalue weighted by Crippen LogP contribution is 2.41. The van der Waals surface area contributed by atoms with Crippen LogP contribution in [0.5, 0.6) is 0 Å². The molecule has 0 saturated heterocycles. The predicted molar refractivity (Wildman–Crippen MR) is 118 cm³/mol. The van der Waals surface area contributed by atoms with Crippen molar-refractivity contribution in [1.82, 2.24) is 9.97 Å². The molecule has 2 nitrogen and oxygen atoms in total. The SMILES string of the molecule is Cc1ccc(CSc2nc(Cl)c3c(-c4ccc(C)cc4)c(C)sc3n2)cc1. The largest absolute Gasteiger partial charge is 0.211 e. The van der Waals surface area contributed by atoms with E-state index < -0.39 is 0 Å². The summed E-state index contributed by atoms with van der Waals surface area (Å²) >= 11 is 9.91. The van der Waals surface area contributed by atoms with Crippen LogP contribution >= 0.6 is 34.7 Å². The van der Waals surface area contributed by atoms with E-state index in [2.05, 4.69) is 74.3 Å². The zero-order valence-corrected chi connectivity index (χ0v) is 17.8. The Bertz CT molecular complexity index is 1100. The predicted octanol–water partition coefficient (Wildman–Crippen LogP) is 7.23. The van der Waals surface area contributed by atoms with E-state index in [1.807, 2.05) is 0 Å². The fraction of sp³-hybridized carbons (Fsp3) is 0.182. The van der Waals surface area contributed by atoms with Crippen molar-refractivity contribution in [2.45, 2.75) is 31.7 Å². The van der Waals surface area contributed by atoms with Crippen LogP contribution in [0.1, 0.15) is 21.6 Å². The summed E-state index contributed by atoms with van der Waals surface area (Å²) in [6.07, 6.45) is 0. The van der Waals surface area contributed by atoms with Crippen molar-refractivity contribution in [3.8, 4) is 11.1 Å². The minimum absolute atomic E-state index is 0.534. The smallest absolute Gasteiger partial charge is 0.190 e. The Hall–Kier alpha value is -1.88. The normalized spacial score (nSPS) is 11.3. The van der Waals surface area contributed by atoms with Crippen LogP contribution in [0.3, 0.4) is 0 Å². The Morgan fingerprint density at radius 3 is 2.19 bits per heavy atom. The fourth-order valence-electron chi connectivity index (χ4n) is 3.02. The second-order valence-corrected chi connectivity index (χ2v) is 9.15. The number of hydrogen-bond acceptors (Lipinski definition) is 4. The van der Waals surface area contributed by atoms with Crippen LogP contribution in [-0.4, -0.2) is 9.97 Å². The van der Waals surface area contributed by atoms with Crippen LogP contribution in [0, 0.1) is 20.8 Å². The number of halogens is 1. The number of thioether (sulfide) groups is 1. The summed E-state index contributed by atoms with van der Waals surface area (Å²) in [5, 5.41) is 2.22. The van der Waals surface area contributed by atoms with Crippen molar-refractivity contribution in [2.24, 2.45) is 0 Å². The van der Waals surface area contributed by atoms with Gasteiger partial charge in [-0.25, -0.2) is 9.97 Å². The third-order valence-corrected chi connectivity index (χ3v) is 6.68. The Labute approximate surface area is 172 Å². The molecule has 136 valence electrons. The second-order valence-electron chi connectivity index (χ2n) is 6.65. The number of benzene rings is 2. The Morgan fingerprint density at radius 2 is 1.52 bits per heavy atom. The Balaban J connectivity index is 1.68. The van der Waals surface area contributed by atoms with Crippen molar-refractivity contribution < 1.29 is 0 Å². The summed E-state index contributed by atoms with van der Waals surface area (Å²) in [5.74, 6) is 0.831. The molecule has 0 fully saturated rings. The molecule has 0 radical (unpaired) electrons. The van der Waals surface area contributed by atoms with Crippen LogP contribution < -0.4 is 0 Å². The third kappa shape index (κ3) is 3.88. The molecule has 2 aromatic heterocycles. The van der Waals surface area contributed by atoms with E-state index in [1.54, 1.807) is 23.1 Å². The first-order chi connectivity index (χ1) is 13.0. The molecule has 0 aliphatic carbocycles. The summed E-state index contributed by atoms with van der Waals surface area (Å²) in [5.41, 5.74) is 6.08. The quantitative estimate of drug-likeness (QED) is 0.201. The lowest BCUT2D eigenvalue weighted by Gasteiger charge is -2.05. The molecule has 0 amide bonds. The lowest BCUT2D eigenvalue weighted by Crippen LogP contribution is -1.90. The second kappa shape index (κ2) is 7.63. The standard InChI is InChI=1S/C22H19ClN2S2/c1-13-4-8-16(9-5-13)12-26-22-24-20(23)19-18(15(3)27-21(19)25-22)17-10-6-14(2)7-11-17/h4-11H,12H2,1-3H3. The molecule has 5 heteroatoms. The minimum Gasteiger partial charge on any atom is -0.211 e. The highest BCUT2D eigenvalue weighted by atomic mass is 35.5. The van der Waals surface area contributed by atoms with Crippen LogP contribution in [-0.2, 0) is 5.75 Å². The van der Waals surface area contributed by atoms with Gasteiger partial charge in [-0.3, -0.25) is 0 Å². The molecular formula is C22H19ClN2S2. The van der Waals surface area contributed by atoms with Crippen LogP contribution in [0.2, 0.25) is 5.15 Å². The molecule has 0 N–H and O–H groups in total. The fourth-order valence-corrected chi connectivity index (χ4v) is 5.29. The molecule has 0 saturated carbocycles. The van der Waals surface area contributed by atoms with Gasteiger partial charge in [0.2, 0.25) is 0 Å². The molecule has 0 aliphatic rings. The van der Waals surface area contributed by atoms with Gasteiger partial charge in [0.25, 0.3) is 0 Å². The van der Waals surface area contributed by atoms with Gasteiger partial charge < -0.3 is 0 Å². The first kappa shape index (κ1) is 18.5. The number of hydrogen-bond donors (Lipinski definition) is 0. The number of aryl methyl sites for hydroxylation is 3. The average molecular weight is 411 g/mol. The zero-order valence-electron chi connectivity index (χ0n) is 15.4. The van der Waals surface area contributed by atoms with E-state index in [4.69, 9.17) is 16.6 Å². The van der Waals surface area contributed by atoms with Crippen molar-refractivity contribution in [3.05, 3.63) is 75.3 Å². The molecule has 0 spiro atoms. The lowest BCUT2D eigenvalue weighted by atomic mass is 10.0. The van der Waals surface area contributed by atoms with Crippen LogP contribution in [0.15, 0.2) is 53.7 Å². The van der Waals surface area contributed by atoms with E-state index in [0.29, 0.717) is 5.15 Å². The van der Waals surface area contributed by atoms with Gasteiger partial charge in [0.05, 0.1) is 5.39 Å². The van der Waals surface area contributed by atoms with E-state index in [1.165, 1.54) is 21.6 Å². The first-order valence-corrected chi connectivity index (χ1v) is 10.9. The van der Waals surface area contributed by atoms with Crippen LogP contribution in [0.4, 0.5) is 0 Å². The van der Waals surface area contributed by atoms with E-state index in [-0.39, 0.29) is 0 Å². The summed E-state index contributed by atoms with van der Waals surface area (Å²) in [6.45, 7) is 6.31. The molecule has 0 atom stereocenters. The number of aromatic nitrogens is 2. The molecule has 0 unspecified atom stereocenters. The van der Waals surface area contributed by atoms with Gasteiger partial charge in [-0.15, -0.1) is 11.3 Å². The molecular weight excluding hydrogens is 392 g/mol.